The molecule has 0 fully saturated rings. The first-order chi connectivity index (χ1) is 9.04. The highest BCUT2D eigenvalue weighted by atomic mass is 16.5. The van der Waals surface area contributed by atoms with E-state index in [0.29, 0.717) is 0 Å². The summed E-state index contributed by atoms with van der Waals surface area (Å²) in [6.45, 7) is 1.60. The fourth-order valence-electron chi connectivity index (χ4n) is 1.31. The third-order valence-electron chi connectivity index (χ3n) is 2.10. The van der Waals surface area contributed by atoms with Crippen LogP contribution in [0.5, 0.6) is 0 Å². The summed E-state index contributed by atoms with van der Waals surface area (Å²) < 4.78 is 4.63. The Kier molecular flexibility index (Phi) is 5.34. The number of carbonyl (C=O) groups excluding carboxylic acids is 2. The predicted molar refractivity (Wildman–Crippen MR) is 67.1 cm³/mol. The number of carbonyl (C=O) groups is 3. The van der Waals surface area contributed by atoms with Gasteiger partial charge in [-0.25, -0.2) is 9.59 Å². The molecule has 0 heterocycles. The molecule has 2 amide bonds. The van der Waals surface area contributed by atoms with E-state index in [0.717, 1.165) is 0 Å². The Balaban J connectivity index is 2.58. The van der Waals surface area contributed by atoms with Crippen molar-refractivity contribution in [1.29, 1.82) is 0 Å². The summed E-state index contributed by atoms with van der Waals surface area (Å²) in [6.07, 6.45) is 0. The normalized spacial score (nSPS) is 9.53. The van der Waals surface area contributed by atoms with E-state index in [1.165, 1.54) is 12.1 Å². The van der Waals surface area contributed by atoms with Crippen molar-refractivity contribution < 1.29 is 24.2 Å². The predicted octanol–water partition coefficient (Wildman–Crippen LogP) is 1.07. The number of rotatable bonds is 5. The maximum Gasteiger partial charge on any atom is 0.337 e. The topological polar surface area (TPSA) is 105 Å². The molecule has 7 nitrogen and oxygen atoms in total. The van der Waals surface area contributed by atoms with E-state index in [1.807, 2.05) is 0 Å². The average molecular weight is 266 g/mol. The highest BCUT2D eigenvalue weighted by Crippen LogP contribution is 2.14. The van der Waals surface area contributed by atoms with Gasteiger partial charge in [0.1, 0.15) is 6.54 Å². The van der Waals surface area contributed by atoms with Crippen LogP contribution in [-0.4, -0.2) is 36.2 Å². The highest BCUT2D eigenvalue weighted by Gasteiger charge is 2.12. The van der Waals surface area contributed by atoms with Gasteiger partial charge < -0.3 is 20.5 Å². The Bertz CT molecular complexity index is 487. The van der Waals surface area contributed by atoms with Crippen LogP contribution in [0.2, 0.25) is 0 Å². The minimum Gasteiger partial charge on any atom is -0.478 e. The number of aromatic carboxylic acids is 1. The molecule has 0 atom stereocenters. The van der Waals surface area contributed by atoms with Gasteiger partial charge in [-0.15, -0.1) is 0 Å². The molecule has 3 N–H and O–H groups in total. The SMILES string of the molecule is CCOC(=O)CNC(=O)Nc1ccccc1C(=O)O. The van der Waals surface area contributed by atoms with E-state index in [1.54, 1.807) is 19.1 Å². The summed E-state index contributed by atoms with van der Waals surface area (Å²) >= 11 is 0. The zero-order chi connectivity index (χ0) is 14.3. The molecule has 1 aromatic carbocycles. The molecule has 0 unspecified atom stereocenters. The number of amides is 2. The fourth-order valence-corrected chi connectivity index (χ4v) is 1.31. The summed E-state index contributed by atoms with van der Waals surface area (Å²) in [6, 6.07) is 5.27. The molecule has 1 aromatic rings. The number of hydrogen-bond donors (Lipinski definition) is 3. The van der Waals surface area contributed by atoms with Gasteiger partial charge in [0.15, 0.2) is 0 Å². The fraction of sp³-hybridized carbons (Fsp3) is 0.250. The van der Waals surface area contributed by atoms with Crippen LogP contribution in [0.3, 0.4) is 0 Å². The average Bonchev–Trinajstić information content (AvgIpc) is 2.37. The van der Waals surface area contributed by atoms with E-state index in [9.17, 15) is 14.4 Å². The van der Waals surface area contributed by atoms with E-state index in [4.69, 9.17) is 5.11 Å². The van der Waals surface area contributed by atoms with Crippen molar-refractivity contribution in [2.45, 2.75) is 6.92 Å². The van der Waals surface area contributed by atoms with E-state index < -0.39 is 18.0 Å². The molecule has 0 aliphatic carbocycles. The third-order valence-corrected chi connectivity index (χ3v) is 2.10. The second-order valence-electron chi connectivity index (χ2n) is 3.46. The molecule has 0 saturated heterocycles. The van der Waals surface area contributed by atoms with Crippen molar-refractivity contribution in [1.82, 2.24) is 5.32 Å². The first-order valence-corrected chi connectivity index (χ1v) is 5.57. The van der Waals surface area contributed by atoms with Crippen molar-refractivity contribution in [3.05, 3.63) is 29.8 Å². The van der Waals surface area contributed by atoms with Gasteiger partial charge in [0.2, 0.25) is 0 Å². The van der Waals surface area contributed by atoms with Crippen molar-refractivity contribution >= 4 is 23.7 Å². The Morgan fingerprint density at radius 3 is 2.58 bits per heavy atom. The zero-order valence-electron chi connectivity index (χ0n) is 10.3. The van der Waals surface area contributed by atoms with Crippen LogP contribution in [0.1, 0.15) is 17.3 Å². The largest absolute Gasteiger partial charge is 0.478 e. The summed E-state index contributed by atoms with van der Waals surface area (Å²) in [7, 11) is 0. The molecule has 0 saturated carbocycles. The monoisotopic (exact) mass is 266 g/mol. The Morgan fingerprint density at radius 2 is 1.95 bits per heavy atom. The van der Waals surface area contributed by atoms with Crippen LogP contribution in [0.25, 0.3) is 0 Å². The molecule has 1 rings (SSSR count). The van der Waals surface area contributed by atoms with Gasteiger partial charge in [0.25, 0.3) is 0 Å². The number of esters is 1. The first kappa shape index (κ1) is 14.5. The van der Waals surface area contributed by atoms with Crippen molar-refractivity contribution in [3.63, 3.8) is 0 Å². The molecule has 7 heteroatoms. The number of benzene rings is 1. The van der Waals surface area contributed by atoms with Gasteiger partial charge in [0, 0.05) is 0 Å². The van der Waals surface area contributed by atoms with Crippen LogP contribution < -0.4 is 10.6 Å². The van der Waals surface area contributed by atoms with Gasteiger partial charge in [-0.2, -0.15) is 0 Å². The standard InChI is InChI=1S/C12H14N2O5/c1-2-19-10(15)7-13-12(18)14-9-6-4-3-5-8(9)11(16)17/h3-6H,2,7H2,1H3,(H,16,17)(H2,13,14,18). The number of para-hydroxylation sites is 1. The summed E-state index contributed by atoms with van der Waals surface area (Å²) in [4.78, 5) is 33.4. The number of hydrogen-bond acceptors (Lipinski definition) is 4. The zero-order valence-corrected chi connectivity index (χ0v) is 10.3. The summed E-state index contributed by atoms with van der Waals surface area (Å²) in [5, 5.41) is 13.5. The molecule has 19 heavy (non-hydrogen) atoms. The van der Waals surface area contributed by atoms with Gasteiger partial charge in [-0.05, 0) is 19.1 Å². The van der Waals surface area contributed by atoms with Gasteiger partial charge >= 0.3 is 18.0 Å². The smallest absolute Gasteiger partial charge is 0.337 e. The summed E-state index contributed by atoms with van der Waals surface area (Å²) in [5.74, 6) is -1.72. The number of carboxylic acid groups (broad SMARTS) is 1. The Hall–Kier alpha value is -2.57. The van der Waals surface area contributed by atoms with Gasteiger partial charge in [0.05, 0.1) is 17.9 Å². The highest BCUT2D eigenvalue weighted by molar-refractivity contribution is 6.00. The lowest BCUT2D eigenvalue weighted by atomic mass is 10.2. The first-order valence-electron chi connectivity index (χ1n) is 5.57. The molecular formula is C12H14N2O5. The summed E-state index contributed by atoms with van der Waals surface area (Å²) in [5.41, 5.74) is 0.116. The van der Waals surface area contributed by atoms with Crippen molar-refractivity contribution in [2.24, 2.45) is 0 Å². The van der Waals surface area contributed by atoms with E-state index in [2.05, 4.69) is 15.4 Å². The van der Waals surface area contributed by atoms with Crippen LogP contribution in [-0.2, 0) is 9.53 Å². The lowest BCUT2D eigenvalue weighted by molar-refractivity contribution is -0.141. The molecule has 0 aromatic heterocycles. The number of nitrogens with one attached hydrogen (secondary N) is 2. The van der Waals surface area contributed by atoms with Crippen LogP contribution in [0.15, 0.2) is 24.3 Å². The number of anilines is 1. The molecule has 0 aliphatic rings. The van der Waals surface area contributed by atoms with Crippen LogP contribution >= 0.6 is 0 Å². The van der Waals surface area contributed by atoms with Crippen molar-refractivity contribution in [3.8, 4) is 0 Å². The molecule has 0 radical (unpaired) electrons. The second-order valence-corrected chi connectivity index (χ2v) is 3.46. The Labute approximate surface area is 109 Å². The molecule has 0 spiro atoms. The molecular weight excluding hydrogens is 252 g/mol. The number of urea groups is 1. The van der Waals surface area contributed by atoms with Crippen LogP contribution in [0.4, 0.5) is 10.5 Å². The quantitative estimate of drug-likeness (QED) is 0.691. The number of carboxylic acids is 1. The lowest BCUT2D eigenvalue weighted by Crippen LogP contribution is -2.34. The molecule has 102 valence electrons. The number of ether oxygens (including phenoxy) is 1. The minimum atomic E-state index is -1.15. The van der Waals surface area contributed by atoms with Crippen molar-refractivity contribution in [2.75, 3.05) is 18.5 Å². The molecule has 0 bridgehead atoms. The Morgan fingerprint density at radius 1 is 1.26 bits per heavy atom. The van der Waals surface area contributed by atoms with E-state index in [-0.39, 0.29) is 24.4 Å². The van der Waals surface area contributed by atoms with Gasteiger partial charge in [-0.1, -0.05) is 12.1 Å². The van der Waals surface area contributed by atoms with Gasteiger partial charge in [-0.3, -0.25) is 4.79 Å². The maximum absolute atomic E-state index is 11.5. The lowest BCUT2D eigenvalue weighted by Gasteiger charge is -2.09. The maximum atomic E-state index is 11.5. The van der Waals surface area contributed by atoms with E-state index >= 15 is 0 Å². The second kappa shape index (κ2) is 7.00. The molecule has 0 aliphatic heterocycles. The third kappa shape index (κ3) is 4.66. The minimum absolute atomic E-state index is 0.0335. The van der Waals surface area contributed by atoms with Crippen LogP contribution in [0, 0.1) is 0 Å².